The van der Waals surface area contributed by atoms with E-state index in [-0.39, 0.29) is 6.61 Å². The summed E-state index contributed by atoms with van der Waals surface area (Å²) in [6.45, 7) is 6.10. The third-order valence-corrected chi connectivity index (χ3v) is 5.03. The molecular weight excluding hydrogens is 324 g/mol. The zero-order valence-electron chi connectivity index (χ0n) is 14.2. The Morgan fingerprint density at radius 1 is 1.54 bits per heavy atom. The molecule has 1 saturated heterocycles. The Morgan fingerprint density at radius 3 is 3.17 bits per heavy atom. The molecule has 3 heterocycles. The number of hydrogen-bond donors (Lipinski definition) is 1. The summed E-state index contributed by atoms with van der Waals surface area (Å²) in [5.41, 5.74) is 7.72. The Kier molecular flexibility index (Phi) is 5.52. The predicted octanol–water partition coefficient (Wildman–Crippen LogP) is 3.37. The highest BCUT2D eigenvalue weighted by atomic mass is 32.1. The van der Waals surface area contributed by atoms with Crippen molar-refractivity contribution in [1.29, 1.82) is 0 Å². The molecule has 1 atom stereocenters. The monoisotopic (exact) mass is 348 g/mol. The van der Waals surface area contributed by atoms with Gasteiger partial charge >= 0.3 is 0 Å². The van der Waals surface area contributed by atoms with Gasteiger partial charge in [0.1, 0.15) is 11.5 Å². The number of amidine groups is 1. The van der Waals surface area contributed by atoms with Crippen molar-refractivity contribution in [3.05, 3.63) is 28.3 Å². The second kappa shape index (κ2) is 7.81. The molecule has 1 aliphatic rings. The fourth-order valence-electron chi connectivity index (χ4n) is 2.88. The second-order valence-corrected chi connectivity index (χ2v) is 6.99. The molecule has 2 aromatic rings. The summed E-state index contributed by atoms with van der Waals surface area (Å²) in [6, 6.07) is 2.54. The second-order valence-electron chi connectivity index (χ2n) is 6.21. The molecule has 7 heteroatoms. The SMILES string of the molecule is Cc1oc(-c2ccsc2)nc1CON=C(N)CN1CCCCC1C. The standard InChI is InChI=1S/C17H24N4O2S/c1-12-5-3-4-7-21(12)9-16(18)20-22-10-15-13(2)23-17(19-15)14-6-8-24-11-14/h6,8,11-12H,3-5,7,9-10H2,1-2H3,(H2,18,20). The fourth-order valence-corrected chi connectivity index (χ4v) is 3.51. The van der Waals surface area contributed by atoms with Gasteiger partial charge in [0, 0.05) is 17.0 Å². The number of nitrogens with zero attached hydrogens (tertiary/aromatic N) is 3. The molecule has 24 heavy (non-hydrogen) atoms. The number of piperidine rings is 1. The van der Waals surface area contributed by atoms with Gasteiger partial charge in [-0.15, -0.1) is 0 Å². The summed E-state index contributed by atoms with van der Waals surface area (Å²) in [5.74, 6) is 1.86. The number of likely N-dealkylation sites (tertiary alicyclic amines) is 1. The van der Waals surface area contributed by atoms with Gasteiger partial charge in [-0.25, -0.2) is 4.98 Å². The van der Waals surface area contributed by atoms with Gasteiger partial charge in [0.2, 0.25) is 5.89 Å². The summed E-state index contributed by atoms with van der Waals surface area (Å²) < 4.78 is 5.68. The van der Waals surface area contributed by atoms with Crippen LogP contribution in [0, 0.1) is 6.92 Å². The number of thiophene rings is 1. The average Bonchev–Trinajstić information content (AvgIpc) is 3.20. The van der Waals surface area contributed by atoms with Crippen molar-refractivity contribution in [2.24, 2.45) is 10.9 Å². The van der Waals surface area contributed by atoms with E-state index in [2.05, 4.69) is 22.0 Å². The first kappa shape index (κ1) is 17.0. The molecule has 0 amide bonds. The minimum absolute atomic E-state index is 0.260. The van der Waals surface area contributed by atoms with E-state index in [1.165, 1.54) is 19.3 Å². The third kappa shape index (κ3) is 4.15. The lowest BCUT2D eigenvalue weighted by Crippen LogP contribution is -2.42. The maximum atomic E-state index is 5.99. The number of hydrogen-bond acceptors (Lipinski definition) is 6. The summed E-state index contributed by atoms with van der Waals surface area (Å²) in [7, 11) is 0. The molecular formula is C17H24N4O2S. The first-order valence-corrected chi connectivity index (χ1v) is 9.25. The zero-order valence-corrected chi connectivity index (χ0v) is 15.0. The maximum absolute atomic E-state index is 5.99. The van der Waals surface area contributed by atoms with Crippen LogP contribution in [0.25, 0.3) is 11.5 Å². The lowest BCUT2D eigenvalue weighted by atomic mass is 10.0. The molecule has 2 N–H and O–H groups in total. The van der Waals surface area contributed by atoms with E-state index >= 15 is 0 Å². The minimum Gasteiger partial charge on any atom is -0.441 e. The third-order valence-electron chi connectivity index (χ3n) is 4.35. The molecule has 130 valence electrons. The Morgan fingerprint density at radius 2 is 2.42 bits per heavy atom. The van der Waals surface area contributed by atoms with Crippen molar-refractivity contribution < 1.29 is 9.25 Å². The van der Waals surface area contributed by atoms with Gasteiger partial charge in [-0.2, -0.15) is 11.3 Å². The van der Waals surface area contributed by atoms with Crippen LogP contribution in [0.4, 0.5) is 0 Å². The van der Waals surface area contributed by atoms with Crippen LogP contribution in [-0.4, -0.2) is 34.9 Å². The fraction of sp³-hybridized carbons (Fsp3) is 0.529. The van der Waals surface area contributed by atoms with Crippen LogP contribution in [0.1, 0.15) is 37.6 Å². The quantitative estimate of drug-likeness (QED) is 0.492. The highest BCUT2D eigenvalue weighted by Crippen LogP contribution is 2.24. The van der Waals surface area contributed by atoms with Gasteiger partial charge < -0.3 is 15.0 Å². The van der Waals surface area contributed by atoms with Gasteiger partial charge in [0.25, 0.3) is 0 Å². The number of rotatable bonds is 6. The minimum atomic E-state index is 0.260. The number of oxime groups is 1. The number of aromatic nitrogens is 1. The lowest BCUT2D eigenvalue weighted by molar-refractivity contribution is 0.122. The highest BCUT2D eigenvalue weighted by Gasteiger charge is 2.19. The van der Waals surface area contributed by atoms with Crippen molar-refractivity contribution in [3.63, 3.8) is 0 Å². The molecule has 6 nitrogen and oxygen atoms in total. The summed E-state index contributed by atoms with van der Waals surface area (Å²) in [6.07, 6.45) is 3.74. The molecule has 0 spiro atoms. The molecule has 0 saturated carbocycles. The first-order chi connectivity index (χ1) is 11.6. The van der Waals surface area contributed by atoms with Crippen molar-refractivity contribution in [2.45, 2.75) is 45.8 Å². The topological polar surface area (TPSA) is 76.9 Å². The van der Waals surface area contributed by atoms with E-state index in [4.69, 9.17) is 15.0 Å². The van der Waals surface area contributed by atoms with Gasteiger partial charge in [-0.3, -0.25) is 4.90 Å². The van der Waals surface area contributed by atoms with Crippen LogP contribution >= 0.6 is 11.3 Å². The molecule has 1 unspecified atom stereocenters. The molecule has 0 aliphatic carbocycles. The van der Waals surface area contributed by atoms with Gasteiger partial charge in [0.15, 0.2) is 12.4 Å². The molecule has 0 aromatic carbocycles. The largest absolute Gasteiger partial charge is 0.441 e. The van der Waals surface area contributed by atoms with Crippen LogP contribution in [-0.2, 0) is 11.4 Å². The van der Waals surface area contributed by atoms with Gasteiger partial charge in [-0.05, 0) is 44.7 Å². The van der Waals surface area contributed by atoms with E-state index in [1.54, 1.807) is 11.3 Å². The summed E-state index contributed by atoms with van der Waals surface area (Å²) in [5, 5.41) is 8.04. The number of aryl methyl sites for hydroxylation is 1. The normalized spacial score (nSPS) is 19.6. The maximum Gasteiger partial charge on any atom is 0.227 e. The van der Waals surface area contributed by atoms with E-state index in [0.717, 1.165) is 23.6 Å². The Hall–Kier alpha value is -1.86. The van der Waals surface area contributed by atoms with Crippen molar-refractivity contribution >= 4 is 17.2 Å². The average molecular weight is 348 g/mol. The number of oxazole rings is 1. The number of nitrogens with two attached hydrogens (primary N) is 1. The van der Waals surface area contributed by atoms with Crippen molar-refractivity contribution in [2.75, 3.05) is 13.1 Å². The lowest BCUT2D eigenvalue weighted by Gasteiger charge is -2.32. The molecule has 0 bridgehead atoms. The van der Waals surface area contributed by atoms with E-state index < -0.39 is 0 Å². The van der Waals surface area contributed by atoms with E-state index in [1.807, 2.05) is 23.8 Å². The molecule has 3 rings (SSSR count). The van der Waals surface area contributed by atoms with E-state index in [9.17, 15) is 0 Å². The van der Waals surface area contributed by atoms with E-state index in [0.29, 0.717) is 24.3 Å². The zero-order chi connectivity index (χ0) is 16.9. The van der Waals surface area contributed by atoms with Gasteiger partial charge in [-0.1, -0.05) is 11.6 Å². The van der Waals surface area contributed by atoms with Crippen molar-refractivity contribution in [3.8, 4) is 11.5 Å². The first-order valence-electron chi connectivity index (χ1n) is 8.30. The van der Waals surface area contributed by atoms with Crippen LogP contribution in [0.5, 0.6) is 0 Å². The Bertz CT molecular complexity index is 681. The highest BCUT2D eigenvalue weighted by molar-refractivity contribution is 7.08. The van der Waals surface area contributed by atoms with Gasteiger partial charge in [0.05, 0.1) is 6.54 Å². The molecule has 1 fully saturated rings. The molecule has 2 aromatic heterocycles. The van der Waals surface area contributed by atoms with Crippen molar-refractivity contribution in [1.82, 2.24) is 9.88 Å². The molecule has 0 radical (unpaired) electrons. The van der Waals surface area contributed by atoms with Crippen LogP contribution in [0.15, 0.2) is 26.4 Å². The summed E-state index contributed by atoms with van der Waals surface area (Å²) in [4.78, 5) is 12.2. The smallest absolute Gasteiger partial charge is 0.227 e. The molecule has 1 aliphatic heterocycles. The van der Waals surface area contributed by atoms with Crippen LogP contribution in [0.2, 0.25) is 0 Å². The van der Waals surface area contributed by atoms with Crippen LogP contribution in [0.3, 0.4) is 0 Å². The van der Waals surface area contributed by atoms with Crippen LogP contribution < -0.4 is 5.73 Å². The predicted molar refractivity (Wildman–Crippen MR) is 95.9 cm³/mol. The Labute approximate surface area is 146 Å². The Balaban J connectivity index is 1.54. The summed E-state index contributed by atoms with van der Waals surface area (Å²) >= 11 is 1.61.